The van der Waals surface area contributed by atoms with E-state index in [1.807, 2.05) is 24.3 Å². The van der Waals surface area contributed by atoms with Crippen LogP contribution in [-0.4, -0.2) is 35.4 Å². The summed E-state index contributed by atoms with van der Waals surface area (Å²) in [6.07, 6.45) is 3.43. The van der Waals surface area contributed by atoms with Gasteiger partial charge in [-0.25, -0.2) is 4.79 Å². The van der Waals surface area contributed by atoms with Crippen molar-refractivity contribution in [3.05, 3.63) is 78.5 Å². The summed E-state index contributed by atoms with van der Waals surface area (Å²) in [6, 6.07) is 16.1. The zero-order valence-corrected chi connectivity index (χ0v) is 17.6. The van der Waals surface area contributed by atoms with Crippen molar-refractivity contribution in [2.75, 3.05) is 19.0 Å². The second-order valence-corrected chi connectivity index (χ2v) is 7.24. The van der Waals surface area contributed by atoms with Crippen LogP contribution in [0.5, 0.6) is 5.75 Å². The number of anilines is 1. The average Bonchev–Trinajstić information content (AvgIpc) is 3.57. The third kappa shape index (κ3) is 4.16. The second kappa shape index (κ2) is 8.54. The topological polar surface area (TPSA) is 109 Å². The van der Waals surface area contributed by atoms with Gasteiger partial charge in [0.1, 0.15) is 22.7 Å². The molecule has 0 aliphatic heterocycles. The van der Waals surface area contributed by atoms with E-state index in [0.717, 1.165) is 16.4 Å². The lowest BCUT2D eigenvalue weighted by Gasteiger charge is -2.10. The van der Waals surface area contributed by atoms with Crippen LogP contribution in [0.2, 0.25) is 0 Å². The number of carbonyl (C=O) groups excluding carboxylic acids is 2. The van der Waals surface area contributed by atoms with E-state index in [1.54, 1.807) is 41.3 Å². The molecule has 1 amide bonds. The van der Waals surface area contributed by atoms with Crippen LogP contribution in [-0.2, 0) is 16.1 Å². The van der Waals surface area contributed by atoms with Crippen LogP contribution >= 0.6 is 0 Å². The standard InChI is InChI=1S/C24H19N3O6/c1-30-22-11-17-16-5-2-3-6-19(16)33-21(17)12-18(22)26-23(28)14-31-24(29)20-8-7-15(32-20)13-27-10-4-9-25-27/h2-12H,13-14H2,1H3,(H,26,28). The fourth-order valence-corrected chi connectivity index (χ4v) is 3.53. The van der Waals surface area contributed by atoms with Gasteiger partial charge in [-0.15, -0.1) is 0 Å². The summed E-state index contributed by atoms with van der Waals surface area (Å²) in [5.41, 5.74) is 1.74. The number of benzene rings is 2. The Kier molecular flexibility index (Phi) is 5.27. The largest absolute Gasteiger partial charge is 0.495 e. The molecule has 0 saturated heterocycles. The molecule has 3 aromatic heterocycles. The third-order valence-corrected chi connectivity index (χ3v) is 5.05. The Hall–Kier alpha value is -4.53. The van der Waals surface area contributed by atoms with Gasteiger partial charge in [-0.1, -0.05) is 18.2 Å². The number of esters is 1. The number of carbonyl (C=O) groups is 2. The molecule has 33 heavy (non-hydrogen) atoms. The SMILES string of the molecule is COc1cc2c(cc1NC(=O)COC(=O)c1ccc(Cn3cccn3)o1)oc1ccccc12. The smallest absolute Gasteiger partial charge is 0.374 e. The summed E-state index contributed by atoms with van der Waals surface area (Å²) in [4.78, 5) is 24.7. The summed E-state index contributed by atoms with van der Waals surface area (Å²) in [6.45, 7) is -0.111. The number of fused-ring (bicyclic) bond motifs is 3. The van der Waals surface area contributed by atoms with Gasteiger partial charge in [-0.2, -0.15) is 5.10 Å². The number of furan rings is 2. The molecule has 3 heterocycles. The van der Waals surface area contributed by atoms with Crippen molar-refractivity contribution in [1.82, 2.24) is 9.78 Å². The van der Waals surface area contributed by atoms with Gasteiger partial charge in [0.05, 0.1) is 19.3 Å². The molecule has 166 valence electrons. The lowest BCUT2D eigenvalue weighted by atomic mass is 10.1. The van der Waals surface area contributed by atoms with E-state index in [4.69, 9.17) is 18.3 Å². The van der Waals surface area contributed by atoms with Gasteiger partial charge in [0, 0.05) is 29.2 Å². The van der Waals surface area contributed by atoms with Crippen LogP contribution in [0.3, 0.4) is 0 Å². The van der Waals surface area contributed by atoms with Crippen molar-refractivity contribution in [2.24, 2.45) is 0 Å². The maximum absolute atomic E-state index is 12.4. The second-order valence-electron chi connectivity index (χ2n) is 7.24. The van der Waals surface area contributed by atoms with Crippen molar-refractivity contribution in [3.63, 3.8) is 0 Å². The van der Waals surface area contributed by atoms with Crippen LogP contribution in [0.1, 0.15) is 16.3 Å². The molecule has 0 aliphatic rings. The minimum Gasteiger partial charge on any atom is -0.495 e. The predicted molar refractivity (Wildman–Crippen MR) is 119 cm³/mol. The Labute approximate surface area is 187 Å². The molecule has 9 heteroatoms. The first-order valence-corrected chi connectivity index (χ1v) is 10.1. The average molecular weight is 445 g/mol. The number of hydrogen-bond acceptors (Lipinski definition) is 7. The molecule has 1 N–H and O–H groups in total. The molecular weight excluding hydrogens is 426 g/mol. The Balaban J connectivity index is 1.25. The summed E-state index contributed by atoms with van der Waals surface area (Å²) in [5, 5.41) is 8.60. The number of nitrogens with one attached hydrogen (secondary N) is 1. The van der Waals surface area contributed by atoms with Crippen molar-refractivity contribution in [1.29, 1.82) is 0 Å². The Morgan fingerprint density at radius 2 is 1.91 bits per heavy atom. The fourth-order valence-electron chi connectivity index (χ4n) is 3.53. The zero-order valence-electron chi connectivity index (χ0n) is 17.6. The molecule has 5 rings (SSSR count). The minimum absolute atomic E-state index is 0.00577. The molecule has 0 radical (unpaired) electrons. The molecule has 0 atom stereocenters. The third-order valence-electron chi connectivity index (χ3n) is 5.05. The highest BCUT2D eigenvalue weighted by atomic mass is 16.5. The Morgan fingerprint density at radius 3 is 2.73 bits per heavy atom. The maximum atomic E-state index is 12.4. The molecule has 0 unspecified atom stereocenters. The Bertz CT molecular complexity index is 1450. The van der Waals surface area contributed by atoms with Gasteiger partial charge in [-0.3, -0.25) is 9.48 Å². The first-order chi connectivity index (χ1) is 16.1. The number of aromatic nitrogens is 2. The number of rotatable bonds is 7. The number of para-hydroxylation sites is 1. The van der Waals surface area contributed by atoms with Crippen LogP contribution in [0, 0.1) is 0 Å². The van der Waals surface area contributed by atoms with E-state index in [2.05, 4.69) is 10.4 Å². The fraction of sp³-hybridized carbons (Fsp3) is 0.125. The van der Waals surface area contributed by atoms with E-state index < -0.39 is 18.5 Å². The Morgan fingerprint density at radius 1 is 1.03 bits per heavy atom. The molecule has 0 bridgehead atoms. The van der Waals surface area contributed by atoms with E-state index >= 15 is 0 Å². The number of hydrogen-bond donors (Lipinski definition) is 1. The summed E-state index contributed by atoms with van der Waals surface area (Å²) < 4.78 is 23.5. The molecule has 2 aromatic carbocycles. The van der Waals surface area contributed by atoms with Gasteiger partial charge >= 0.3 is 5.97 Å². The first-order valence-electron chi connectivity index (χ1n) is 10.1. The van der Waals surface area contributed by atoms with Gasteiger partial charge < -0.3 is 23.6 Å². The molecule has 5 aromatic rings. The summed E-state index contributed by atoms with van der Waals surface area (Å²) in [7, 11) is 1.51. The highest BCUT2D eigenvalue weighted by molar-refractivity contribution is 6.08. The highest BCUT2D eigenvalue weighted by Gasteiger charge is 2.17. The summed E-state index contributed by atoms with van der Waals surface area (Å²) >= 11 is 0. The van der Waals surface area contributed by atoms with Crippen molar-refractivity contribution >= 4 is 39.5 Å². The molecular formula is C24H19N3O6. The van der Waals surface area contributed by atoms with Crippen molar-refractivity contribution in [2.45, 2.75) is 6.54 Å². The normalized spacial score (nSPS) is 11.1. The van der Waals surface area contributed by atoms with Crippen molar-refractivity contribution < 1.29 is 27.9 Å². The quantitative estimate of drug-likeness (QED) is 0.374. The van der Waals surface area contributed by atoms with Gasteiger partial charge in [0.2, 0.25) is 5.76 Å². The van der Waals surface area contributed by atoms with Gasteiger partial charge in [0.25, 0.3) is 5.91 Å². The van der Waals surface area contributed by atoms with Gasteiger partial charge in [-0.05, 0) is 30.3 Å². The van der Waals surface area contributed by atoms with E-state index in [9.17, 15) is 9.59 Å². The number of methoxy groups -OCH3 is 1. The van der Waals surface area contributed by atoms with Crippen LogP contribution in [0.4, 0.5) is 5.69 Å². The summed E-state index contributed by atoms with van der Waals surface area (Å²) in [5.74, 6) is -0.259. The first kappa shape index (κ1) is 20.4. The lowest BCUT2D eigenvalue weighted by molar-refractivity contribution is -0.119. The lowest BCUT2D eigenvalue weighted by Crippen LogP contribution is -2.21. The van der Waals surface area contributed by atoms with E-state index in [1.165, 1.54) is 13.2 Å². The number of ether oxygens (including phenoxy) is 2. The van der Waals surface area contributed by atoms with Gasteiger partial charge in [0.15, 0.2) is 6.61 Å². The molecule has 9 nitrogen and oxygen atoms in total. The maximum Gasteiger partial charge on any atom is 0.374 e. The molecule has 0 fully saturated rings. The minimum atomic E-state index is -0.739. The van der Waals surface area contributed by atoms with Crippen LogP contribution in [0.15, 0.2) is 75.8 Å². The van der Waals surface area contributed by atoms with Crippen LogP contribution in [0.25, 0.3) is 21.9 Å². The zero-order chi connectivity index (χ0) is 22.8. The highest BCUT2D eigenvalue weighted by Crippen LogP contribution is 2.36. The van der Waals surface area contributed by atoms with E-state index in [0.29, 0.717) is 29.3 Å². The van der Waals surface area contributed by atoms with Crippen LogP contribution < -0.4 is 10.1 Å². The monoisotopic (exact) mass is 445 g/mol. The van der Waals surface area contributed by atoms with E-state index in [-0.39, 0.29) is 5.76 Å². The molecule has 0 aliphatic carbocycles. The van der Waals surface area contributed by atoms with Crippen molar-refractivity contribution in [3.8, 4) is 5.75 Å². The molecule has 0 spiro atoms. The number of amides is 1. The predicted octanol–water partition coefficient (Wildman–Crippen LogP) is 4.23. The number of nitrogens with zero attached hydrogens (tertiary/aromatic N) is 2. The molecule has 0 saturated carbocycles.